The topological polar surface area (TPSA) is 38.0 Å². The lowest BCUT2D eigenvalue weighted by Gasteiger charge is -2.29. The molecule has 0 saturated carbocycles. The molecule has 0 amide bonds. The van der Waals surface area contributed by atoms with Gasteiger partial charge in [0.1, 0.15) is 0 Å². The van der Waals surface area contributed by atoms with E-state index >= 15 is 0 Å². The van der Waals surface area contributed by atoms with E-state index in [1.165, 1.54) is 0 Å². The van der Waals surface area contributed by atoms with Gasteiger partial charge in [-0.05, 0) is 23.3 Å². The molecule has 3 aromatic carbocycles. The number of aryl methyl sites for hydroxylation is 1. The SMILES string of the molecule is Cn1c(C(O)(c2ccccc2)c2ccccc2)nc2ccccc21. The molecule has 0 bridgehead atoms. The standard InChI is InChI=1S/C21H18N2O/c1-23-19-15-9-8-14-18(19)22-20(23)21(24,16-10-4-2-5-11-16)17-12-6-3-7-13-17/h2-15,24H,1H3. The number of aromatic nitrogens is 2. The first-order valence-corrected chi connectivity index (χ1v) is 7.96. The van der Waals surface area contributed by atoms with Crippen LogP contribution in [0.3, 0.4) is 0 Å². The second-order valence-corrected chi connectivity index (χ2v) is 5.93. The van der Waals surface area contributed by atoms with E-state index in [1.54, 1.807) is 0 Å². The summed E-state index contributed by atoms with van der Waals surface area (Å²) in [5, 5.41) is 11.8. The summed E-state index contributed by atoms with van der Waals surface area (Å²) in [7, 11) is 1.95. The highest BCUT2D eigenvalue weighted by atomic mass is 16.3. The highest BCUT2D eigenvalue weighted by Gasteiger charge is 2.38. The quantitative estimate of drug-likeness (QED) is 0.623. The van der Waals surface area contributed by atoms with Gasteiger partial charge in [-0.1, -0.05) is 72.8 Å². The molecule has 4 rings (SSSR count). The number of hydrogen-bond donors (Lipinski definition) is 1. The van der Waals surface area contributed by atoms with Crippen molar-refractivity contribution < 1.29 is 5.11 Å². The van der Waals surface area contributed by atoms with Crippen LogP contribution in [-0.4, -0.2) is 14.7 Å². The summed E-state index contributed by atoms with van der Waals surface area (Å²) >= 11 is 0. The van der Waals surface area contributed by atoms with Crippen molar-refractivity contribution in [3.05, 3.63) is 102 Å². The maximum absolute atomic E-state index is 11.8. The van der Waals surface area contributed by atoms with Gasteiger partial charge in [0.05, 0.1) is 11.0 Å². The molecule has 24 heavy (non-hydrogen) atoms. The largest absolute Gasteiger partial charge is 0.373 e. The van der Waals surface area contributed by atoms with Crippen LogP contribution in [0.5, 0.6) is 0 Å². The lowest BCUT2D eigenvalue weighted by molar-refractivity contribution is 0.113. The molecule has 4 aromatic rings. The van der Waals surface area contributed by atoms with Crippen LogP contribution in [-0.2, 0) is 12.6 Å². The summed E-state index contributed by atoms with van der Waals surface area (Å²) in [6.07, 6.45) is 0. The van der Waals surface area contributed by atoms with E-state index in [4.69, 9.17) is 4.98 Å². The molecule has 0 aliphatic rings. The minimum absolute atomic E-state index is 0.612. The highest BCUT2D eigenvalue weighted by Crippen LogP contribution is 2.36. The van der Waals surface area contributed by atoms with Gasteiger partial charge in [-0.25, -0.2) is 4.98 Å². The Morgan fingerprint density at radius 2 is 1.25 bits per heavy atom. The monoisotopic (exact) mass is 314 g/mol. The number of benzene rings is 3. The first-order chi connectivity index (χ1) is 11.7. The molecule has 1 heterocycles. The third kappa shape index (κ3) is 2.14. The van der Waals surface area contributed by atoms with Gasteiger partial charge in [-0.2, -0.15) is 0 Å². The smallest absolute Gasteiger partial charge is 0.173 e. The zero-order valence-electron chi connectivity index (χ0n) is 13.4. The van der Waals surface area contributed by atoms with Crippen LogP contribution in [0.15, 0.2) is 84.9 Å². The zero-order valence-corrected chi connectivity index (χ0v) is 13.4. The molecular formula is C21H18N2O. The number of rotatable bonds is 3. The van der Waals surface area contributed by atoms with Gasteiger partial charge in [0, 0.05) is 7.05 Å². The molecule has 0 spiro atoms. The minimum atomic E-state index is -1.31. The van der Waals surface area contributed by atoms with E-state index in [2.05, 4.69) is 0 Å². The second-order valence-electron chi connectivity index (χ2n) is 5.93. The lowest BCUT2D eigenvalue weighted by atomic mass is 9.85. The second kappa shape index (κ2) is 5.62. The Hall–Kier alpha value is -2.91. The molecule has 0 fully saturated rings. The van der Waals surface area contributed by atoms with Crippen molar-refractivity contribution >= 4 is 11.0 Å². The normalized spacial score (nSPS) is 11.8. The molecule has 1 N–H and O–H groups in total. The van der Waals surface area contributed by atoms with E-state index in [-0.39, 0.29) is 0 Å². The van der Waals surface area contributed by atoms with Crippen LogP contribution >= 0.6 is 0 Å². The third-order valence-corrected chi connectivity index (χ3v) is 4.49. The summed E-state index contributed by atoms with van der Waals surface area (Å²) in [4.78, 5) is 4.75. The van der Waals surface area contributed by atoms with E-state index < -0.39 is 5.60 Å². The van der Waals surface area contributed by atoms with Crippen molar-refractivity contribution in [2.24, 2.45) is 7.05 Å². The van der Waals surface area contributed by atoms with Crippen molar-refractivity contribution in [3.63, 3.8) is 0 Å². The molecule has 3 heteroatoms. The van der Waals surface area contributed by atoms with Gasteiger partial charge in [0.15, 0.2) is 11.4 Å². The number of hydrogen-bond acceptors (Lipinski definition) is 2. The molecule has 0 unspecified atom stereocenters. The molecule has 0 radical (unpaired) electrons. The summed E-state index contributed by atoms with van der Waals surface area (Å²) < 4.78 is 1.97. The van der Waals surface area contributed by atoms with Gasteiger partial charge in [-0.15, -0.1) is 0 Å². The number of para-hydroxylation sites is 2. The molecular weight excluding hydrogens is 296 g/mol. The number of imidazole rings is 1. The maximum atomic E-state index is 11.8. The molecule has 1 aromatic heterocycles. The average molecular weight is 314 g/mol. The van der Waals surface area contributed by atoms with E-state index in [1.807, 2.05) is 96.5 Å². The van der Waals surface area contributed by atoms with Crippen LogP contribution in [0.1, 0.15) is 17.0 Å². The van der Waals surface area contributed by atoms with Crippen molar-refractivity contribution in [1.29, 1.82) is 0 Å². The van der Waals surface area contributed by atoms with Crippen LogP contribution in [0.2, 0.25) is 0 Å². The zero-order chi connectivity index (χ0) is 16.6. The summed E-state index contributed by atoms with van der Waals surface area (Å²) in [6.45, 7) is 0. The number of aliphatic hydroxyl groups is 1. The Balaban J connectivity index is 2.05. The average Bonchev–Trinajstić information content (AvgIpc) is 3.00. The van der Waals surface area contributed by atoms with E-state index in [0.29, 0.717) is 5.82 Å². The molecule has 118 valence electrons. The predicted octanol–water partition coefficient (Wildman–Crippen LogP) is 3.86. The summed E-state index contributed by atoms with van der Waals surface area (Å²) in [5.74, 6) is 0.612. The number of nitrogens with zero attached hydrogens (tertiary/aromatic N) is 2. The molecule has 0 aliphatic heterocycles. The first-order valence-electron chi connectivity index (χ1n) is 7.96. The minimum Gasteiger partial charge on any atom is -0.373 e. The highest BCUT2D eigenvalue weighted by molar-refractivity contribution is 5.76. The van der Waals surface area contributed by atoms with Crippen molar-refractivity contribution in [2.75, 3.05) is 0 Å². The van der Waals surface area contributed by atoms with Gasteiger partial charge in [0.25, 0.3) is 0 Å². The molecule has 0 aliphatic carbocycles. The fourth-order valence-corrected chi connectivity index (χ4v) is 3.25. The van der Waals surface area contributed by atoms with Gasteiger partial charge < -0.3 is 9.67 Å². The fraction of sp³-hybridized carbons (Fsp3) is 0.0952. The predicted molar refractivity (Wildman–Crippen MR) is 95.7 cm³/mol. The fourth-order valence-electron chi connectivity index (χ4n) is 3.25. The summed E-state index contributed by atoms with van der Waals surface area (Å²) in [5.41, 5.74) is 2.17. The molecule has 0 atom stereocenters. The van der Waals surface area contributed by atoms with Crippen LogP contribution < -0.4 is 0 Å². The maximum Gasteiger partial charge on any atom is 0.173 e. The van der Waals surface area contributed by atoms with Gasteiger partial charge in [-0.3, -0.25) is 0 Å². The Kier molecular flexibility index (Phi) is 3.44. The summed E-state index contributed by atoms with van der Waals surface area (Å²) in [6, 6.07) is 27.3. The van der Waals surface area contributed by atoms with E-state index in [9.17, 15) is 5.11 Å². The Labute approximate surface area is 140 Å². The van der Waals surface area contributed by atoms with Crippen LogP contribution in [0.25, 0.3) is 11.0 Å². The third-order valence-electron chi connectivity index (χ3n) is 4.49. The Bertz CT molecular complexity index is 935. The first kappa shape index (κ1) is 14.7. The molecule has 3 nitrogen and oxygen atoms in total. The Morgan fingerprint density at radius 3 is 1.79 bits per heavy atom. The van der Waals surface area contributed by atoms with E-state index in [0.717, 1.165) is 22.2 Å². The lowest BCUT2D eigenvalue weighted by Crippen LogP contribution is -2.32. The van der Waals surface area contributed by atoms with Gasteiger partial charge in [0.2, 0.25) is 0 Å². The van der Waals surface area contributed by atoms with Crippen molar-refractivity contribution in [2.45, 2.75) is 5.60 Å². The van der Waals surface area contributed by atoms with Crippen molar-refractivity contribution in [3.8, 4) is 0 Å². The Morgan fingerprint density at radius 1 is 0.750 bits per heavy atom. The van der Waals surface area contributed by atoms with Crippen LogP contribution in [0.4, 0.5) is 0 Å². The molecule has 0 saturated heterocycles. The van der Waals surface area contributed by atoms with Crippen molar-refractivity contribution in [1.82, 2.24) is 9.55 Å². The number of fused-ring (bicyclic) bond motifs is 1. The van der Waals surface area contributed by atoms with Crippen LogP contribution in [0, 0.1) is 0 Å². The van der Waals surface area contributed by atoms with Gasteiger partial charge >= 0.3 is 0 Å².